The van der Waals surface area contributed by atoms with E-state index in [2.05, 4.69) is 10.3 Å². The zero-order chi connectivity index (χ0) is 14.5. The lowest BCUT2D eigenvalue weighted by atomic mass is 10.2. The summed E-state index contributed by atoms with van der Waals surface area (Å²) in [6.07, 6.45) is -4.63. The van der Waals surface area contributed by atoms with E-state index < -0.39 is 18.5 Å². The van der Waals surface area contributed by atoms with E-state index in [1.807, 2.05) is 6.92 Å². The molecule has 0 aromatic carbocycles. The Bertz CT molecular complexity index is 449. The molecule has 1 rings (SSSR count). The number of nitrogens with one attached hydrogen (secondary N) is 1. The molecule has 0 unspecified atom stereocenters. The average Bonchev–Trinajstić information content (AvgIpc) is 2.32. The molecule has 0 saturated heterocycles. The molecule has 0 fully saturated rings. The van der Waals surface area contributed by atoms with Crippen molar-refractivity contribution in [2.24, 2.45) is 0 Å². The molecule has 7 heteroatoms. The van der Waals surface area contributed by atoms with Crippen molar-refractivity contribution in [3.63, 3.8) is 0 Å². The van der Waals surface area contributed by atoms with Gasteiger partial charge in [-0.05, 0) is 25.0 Å². The number of carbonyl (C=O) groups is 1. The van der Waals surface area contributed by atoms with Crippen molar-refractivity contribution in [3.05, 3.63) is 28.5 Å². The maximum Gasteiger partial charge on any atom is 0.389 e. The first-order valence-corrected chi connectivity index (χ1v) is 6.21. The van der Waals surface area contributed by atoms with Crippen LogP contribution in [0.3, 0.4) is 0 Å². The third-order valence-corrected chi connectivity index (χ3v) is 2.59. The van der Waals surface area contributed by atoms with Gasteiger partial charge in [0.25, 0.3) is 5.91 Å². The number of hydrogen-bond donors (Lipinski definition) is 1. The van der Waals surface area contributed by atoms with E-state index in [0.29, 0.717) is 17.7 Å². The Morgan fingerprint density at radius 1 is 1.42 bits per heavy atom. The van der Waals surface area contributed by atoms with Gasteiger partial charge in [-0.25, -0.2) is 4.98 Å². The number of pyridine rings is 1. The van der Waals surface area contributed by atoms with E-state index in [0.717, 1.165) is 0 Å². The smallest absolute Gasteiger partial charge is 0.352 e. The van der Waals surface area contributed by atoms with Crippen molar-refractivity contribution < 1.29 is 18.0 Å². The minimum absolute atomic E-state index is 0.0280. The van der Waals surface area contributed by atoms with Crippen LogP contribution in [0.2, 0.25) is 5.15 Å². The van der Waals surface area contributed by atoms with Crippen molar-refractivity contribution in [1.82, 2.24) is 10.3 Å². The van der Waals surface area contributed by atoms with Gasteiger partial charge in [-0.3, -0.25) is 4.79 Å². The number of nitrogens with zero attached hydrogens (tertiary/aromatic N) is 1. The summed E-state index contributed by atoms with van der Waals surface area (Å²) in [4.78, 5) is 15.7. The number of alkyl halides is 3. The van der Waals surface area contributed by atoms with E-state index in [9.17, 15) is 18.0 Å². The topological polar surface area (TPSA) is 42.0 Å². The minimum Gasteiger partial charge on any atom is -0.352 e. The molecule has 1 amide bonds. The number of rotatable bonds is 5. The van der Waals surface area contributed by atoms with Crippen LogP contribution in [0.25, 0.3) is 0 Å². The molecule has 0 saturated carbocycles. The van der Waals surface area contributed by atoms with Gasteiger partial charge in [0.05, 0.1) is 0 Å². The third-order valence-electron chi connectivity index (χ3n) is 2.39. The largest absolute Gasteiger partial charge is 0.389 e. The summed E-state index contributed by atoms with van der Waals surface area (Å²) in [5, 5.41) is 2.62. The first kappa shape index (κ1) is 15.8. The van der Waals surface area contributed by atoms with Crippen molar-refractivity contribution in [2.45, 2.75) is 32.4 Å². The Morgan fingerprint density at radius 3 is 2.68 bits per heavy atom. The molecule has 1 aromatic heterocycles. The number of hydrogen-bond acceptors (Lipinski definition) is 2. The van der Waals surface area contributed by atoms with Gasteiger partial charge in [0.15, 0.2) is 0 Å². The summed E-state index contributed by atoms with van der Waals surface area (Å²) in [6.45, 7) is 1.84. The minimum atomic E-state index is -4.19. The molecule has 0 aliphatic heterocycles. The number of aromatic nitrogens is 1. The summed E-state index contributed by atoms with van der Waals surface area (Å²) in [6, 6.07) is 2.96. The summed E-state index contributed by atoms with van der Waals surface area (Å²) in [7, 11) is 0. The molecule has 0 spiro atoms. The van der Waals surface area contributed by atoms with Crippen molar-refractivity contribution >= 4 is 17.5 Å². The lowest BCUT2D eigenvalue weighted by molar-refractivity contribution is -0.135. The molecule has 3 nitrogen and oxygen atoms in total. The zero-order valence-corrected chi connectivity index (χ0v) is 11.1. The Kier molecular flexibility index (Phi) is 5.60. The van der Waals surface area contributed by atoms with Crippen LogP contribution in [0.4, 0.5) is 13.2 Å². The normalized spacial score (nSPS) is 11.4. The fraction of sp³-hybridized carbons (Fsp3) is 0.500. The highest BCUT2D eigenvalue weighted by Crippen LogP contribution is 2.20. The van der Waals surface area contributed by atoms with Crippen molar-refractivity contribution in [3.8, 4) is 0 Å². The fourth-order valence-electron chi connectivity index (χ4n) is 1.46. The molecule has 1 heterocycles. The molecule has 0 atom stereocenters. The Morgan fingerprint density at radius 2 is 2.11 bits per heavy atom. The molecule has 0 aliphatic carbocycles. The van der Waals surface area contributed by atoms with Crippen LogP contribution in [-0.4, -0.2) is 23.6 Å². The second-order valence-corrected chi connectivity index (χ2v) is 4.39. The van der Waals surface area contributed by atoms with Crippen LogP contribution < -0.4 is 5.32 Å². The van der Waals surface area contributed by atoms with Crippen LogP contribution in [0, 0.1) is 0 Å². The Hall–Kier alpha value is -1.30. The van der Waals surface area contributed by atoms with E-state index in [4.69, 9.17) is 11.6 Å². The number of aryl methyl sites for hydroxylation is 1. The van der Waals surface area contributed by atoms with Gasteiger partial charge >= 0.3 is 6.18 Å². The van der Waals surface area contributed by atoms with Gasteiger partial charge in [-0.1, -0.05) is 18.5 Å². The maximum atomic E-state index is 11.9. The van der Waals surface area contributed by atoms with Gasteiger partial charge < -0.3 is 5.32 Å². The van der Waals surface area contributed by atoms with E-state index in [1.165, 1.54) is 6.07 Å². The van der Waals surface area contributed by atoms with Gasteiger partial charge in [0.2, 0.25) is 0 Å². The van der Waals surface area contributed by atoms with Crippen LogP contribution in [0.15, 0.2) is 12.1 Å². The van der Waals surface area contributed by atoms with Crippen LogP contribution in [0.1, 0.15) is 35.8 Å². The summed E-state index contributed by atoms with van der Waals surface area (Å²) in [5.41, 5.74) is 0.969. The predicted octanol–water partition coefficient (Wildman–Crippen LogP) is 3.37. The summed E-state index contributed by atoms with van der Waals surface area (Å²) in [5.74, 6) is -0.443. The number of halogens is 4. The first-order valence-electron chi connectivity index (χ1n) is 5.83. The molecule has 1 aromatic rings. The van der Waals surface area contributed by atoms with Gasteiger partial charge in [-0.2, -0.15) is 13.2 Å². The molecular formula is C12H14ClF3N2O. The SMILES string of the molecule is CCc1cc(C(=O)NCCCC(F)(F)F)cc(Cl)n1. The highest BCUT2D eigenvalue weighted by atomic mass is 35.5. The van der Waals surface area contributed by atoms with Crippen LogP contribution in [0.5, 0.6) is 0 Å². The second kappa shape index (κ2) is 6.75. The molecule has 0 bridgehead atoms. The quantitative estimate of drug-likeness (QED) is 0.668. The molecule has 106 valence electrons. The maximum absolute atomic E-state index is 11.9. The molecule has 19 heavy (non-hydrogen) atoms. The average molecular weight is 295 g/mol. The molecule has 0 radical (unpaired) electrons. The van der Waals surface area contributed by atoms with E-state index in [1.54, 1.807) is 6.07 Å². The molecule has 1 N–H and O–H groups in total. The standard InChI is InChI=1S/C12H14ClF3N2O/c1-2-9-6-8(7-10(13)18-9)11(19)17-5-3-4-12(14,15)16/h6-7H,2-5H2,1H3,(H,17,19). The monoisotopic (exact) mass is 294 g/mol. The van der Waals surface area contributed by atoms with Crippen molar-refractivity contribution in [1.29, 1.82) is 0 Å². The van der Waals surface area contributed by atoms with Crippen LogP contribution in [-0.2, 0) is 6.42 Å². The highest BCUT2D eigenvalue weighted by Gasteiger charge is 2.26. The Balaban J connectivity index is 2.52. The summed E-state index contributed by atoms with van der Waals surface area (Å²) < 4.78 is 35.7. The van der Waals surface area contributed by atoms with Crippen LogP contribution >= 0.6 is 11.6 Å². The van der Waals surface area contributed by atoms with Gasteiger partial charge in [-0.15, -0.1) is 0 Å². The summed E-state index contributed by atoms with van der Waals surface area (Å²) >= 11 is 5.75. The van der Waals surface area contributed by atoms with E-state index >= 15 is 0 Å². The Labute approximate surface area is 114 Å². The molecular weight excluding hydrogens is 281 g/mol. The third kappa shape index (κ3) is 5.92. The van der Waals surface area contributed by atoms with E-state index in [-0.39, 0.29) is 18.1 Å². The predicted molar refractivity (Wildman–Crippen MR) is 66.2 cm³/mol. The lowest BCUT2D eigenvalue weighted by Crippen LogP contribution is -2.25. The molecule has 0 aliphatic rings. The van der Waals surface area contributed by atoms with Crippen molar-refractivity contribution in [2.75, 3.05) is 6.54 Å². The van der Waals surface area contributed by atoms with Gasteiger partial charge in [0, 0.05) is 24.2 Å². The van der Waals surface area contributed by atoms with Gasteiger partial charge in [0.1, 0.15) is 5.15 Å². The fourth-order valence-corrected chi connectivity index (χ4v) is 1.68. The highest BCUT2D eigenvalue weighted by molar-refractivity contribution is 6.29. The number of carbonyl (C=O) groups excluding carboxylic acids is 1. The first-order chi connectivity index (χ1) is 8.81. The lowest BCUT2D eigenvalue weighted by Gasteiger charge is -2.08. The zero-order valence-electron chi connectivity index (χ0n) is 10.4. The number of amides is 1. The second-order valence-electron chi connectivity index (χ2n) is 4.00.